The van der Waals surface area contributed by atoms with Crippen LogP contribution in [0.2, 0.25) is 0 Å². The van der Waals surface area contributed by atoms with Gasteiger partial charge in [0.15, 0.2) is 0 Å². The molecule has 1 aromatic heterocycles. The summed E-state index contributed by atoms with van der Waals surface area (Å²) < 4.78 is 0. The van der Waals surface area contributed by atoms with Crippen LogP contribution in [0.3, 0.4) is 0 Å². The number of hydrogen-bond acceptors (Lipinski definition) is 2. The van der Waals surface area contributed by atoms with Crippen molar-refractivity contribution in [2.24, 2.45) is 5.73 Å². The quantitative estimate of drug-likeness (QED) is 0.755. The maximum atomic E-state index is 6.13. The first-order valence-corrected chi connectivity index (χ1v) is 6.78. The Labute approximate surface area is 119 Å². The molecule has 20 heavy (non-hydrogen) atoms. The molecule has 0 saturated heterocycles. The number of hydrogen-bond donors (Lipinski definition) is 1. The number of nitrogens with two attached hydrogens (primary N) is 1. The Balaban J connectivity index is 2.12. The van der Waals surface area contributed by atoms with Gasteiger partial charge < -0.3 is 5.73 Å². The minimum atomic E-state index is -0.304. The zero-order valence-corrected chi connectivity index (χ0v) is 11.8. The molecule has 0 saturated carbocycles. The van der Waals surface area contributed by atoms with E-state index >= 15 is 0 Å². The largest absolute Gasteiger partial charge is 0.322 e. The molecule has 1 heterocycles. The van der Waals surface area contributed by atoms with Crippen LogP contribution in [-0.4, -0.2) is 4.98 Å². The molecule has 3 rings (SSSR count). The predicted molar refractivity (Wildman–Crippen MR) is 84.4 cm³/mol. The molecule has 0 radical (unpaired) electrons. The number of benzene rings is 2. The van der Waals surface area contributed by atoms with Gasteiger partial charge in [-0.05, 0) is 42.0 Å². The van der Waals surface area contributed by atoms with Crippen molar-refractivity contribution in [2.75, 3.05) is 0 Å². The molecule has 0 bridgehead atoms. The van der Waals surface area contributed by atoms with Crippen molar-refractivity contribution in [1.82, 2.24) is 4.98 Å². The summed E-state index contributed by atoms with van der Waals surface area (Å²) >= 11 is 0. The van der Waals surface area contributed by atoms with Gasteiger partial charge in [0, 0.05) is 23.3 Å². The van der Waals surface area contributed by atoms with Crippen molar-refractivity contribution in [3.63, 3.8) is 0 Å². The SMILES string of the molecule is CC(C)(N)c1ccc(-c2cccc3cnccc23)cc1. The van der Waals surface area contributed by atoms with Crippen molar-refractivity contribution in [1.29, 1.82) is 0 Å². The molecule has 0 atom stereocenters. The molecule has 2 nitrogen and oxygen atoms in total. The summed E-state index contributed by atoms with van der Waals surface area (Å²) in [5.41, 5.74) is 9.40. The molecule has 0 aliphatic rings. The molecular formula is C18H18N2. The molecular weight excluding hydrogens is 244 g/mol. The third-order valence-electron chi connectivity index (χ3n) is 3.62. The summed E-state index contributed by atoms with van der Waals surface area (Å²) in [7, 11) is 0. The molecule has 2 N–H and O–H groups in total. The van der Waals surface area contributed by atoms with Crippen molar-refractivity contribution < 1.29 is 0 Å². The molecule has 100 valence electrons. The average Bonchev–Trinajstić information content (AvgIpc) is 2.46. The van der Waals surface area contributed by atoms with Crippen LogP contribution in [0, 0.1) is 0 Å². The fraction of sp³-hybridized carbons (Fsp3) is 0.167. The second-order valence-corrected chi connectivity index (χ2v) is 5.70. The van der Waals surface area contributed by atoms with Crippen molar-refractivity contribution in [3.8, 4) is 11.1 Å². The smallest absolute Gasteiger partial charge is 0.0352 e. The summed E-state index contributed by atoms with van der Waals surface area (Å²) in [4.78, 5) is 4.18. The van der Waals surface area contributed by atoms with Gasteiger partial charge >= 0.3 is 0 Å². The van der Waals surface area contributed by atoms with Gasteiger partial charge in [-0.3, -0.25) is 4.98 Å². The normalized spacial score (nSPS) is 11.8. The van der Waals surface area contributed by atoms with Gasteiger partial charge in [0.1, 0.15) is 0 Å². The molecule has 3 aromatic rings. The van der Waals surface area contributed by atoms with Gasteiger partial charge in [-0.15, -0.1) is 0 Å². The summed E-state index contributed by atoms with van der Waals surface area (Å²) in [5.74, 6) is 0. The highest BCUT2D eigenvalue weighted by molar-refractivity contribution is 5.96. The fourth-order valence-electron chi connectivity index (χ4n) is 2.45. The van der Waals surface area contributed by atoms with E-state index in [2.05, 4.69) is 53.5 Å². The lowest BCUT2D eigenvalue weighted by atomic mass is 9.92. The molecule has 0 aliphatic carbocycles. The van der Waals surface area contributed by atoms with Crippen LogP contribution < -0.4 is 5.73 Å². The Morgan fingerprint density at radius 3 is 2.40 bits per heavy atom. The number of pyridine rings is 1. The summed E-state index contributed by atoms with van der Waals surface area (Å²) in [5, 5.41) is 2.38. The summed E-state index contributed by atoms with van der Waals surface area (Å²) in [6.07, 6.45) is 3.74. The number of rotatable bonds is 2. The summed E-state index contributed by atoms with van der Waals surface area (Å²) in [6, 6.07) is 16.8. The Kier molecular flexibility index (Phi) is 3.03. The molecule has 2 heteroatoms. The standard InChI is InChI=1S/C18H18N2/c1-18(2,19)15-8-6-13(7-9-15)16-5-3-4-14-12-20-11-10-17(14)16/h3-12H,19H2,1-2H3. The lowest BCUT2D eigenvalue weighted by molar-refractivity contribution is 0.554. The van der Waals surface area contributed by atoms with Crippen LogP contribution >= 0.6 is 0 Å². The van der Waals surface area contributed by atoms with Gasteiger partial charge in [-0.1, -0.05) is 42.5 Å². The summed E-state index contributed by atoms with van der Waals surface area (Å²) in [6.45, 7) is 4.04. The van der Waals surface area contributed by atoms with Gasteiger partial charge in [0.25, 0.3) is 0 Å². The first kappa shape index (κ1) is 12.8. The monoisotopic (exact) mass is 262 g/mol. The van der Waals surface area contributed by atoms with Crippen LogP contribution in [0.15, 0.2) is 60.9 Å². The second-order valence-electron chi connectivity index (χ2n) is 5.70. The van der Waals surface area contributed by atoms with Crippen LogP contribution in [0.4, 0.5) is 0 Å². The number of aromatic nitrogens is 1. The average molecular weight is 262 g/mol. The molecule has 0 spiro atoms. The van der Waals surface area contributed by atoms with E-state index in [1.165, 1.54) is 16.5 Å². The van der Waals surface area contributed by atoms with E-state index in [0.29, 0.717) is 0 Å². The third kappa shape index (κ3) is 2.30. The van der Waals surface area contributed by atoms with E-state index < -0.39 is 0 Å². The Hall–Kier alpha value is -2.19. The van der Waals surface area contributed by atoms with E-state index in [9.17, 15) is 0 Å². The molecule has 0 aliphatic heterocycles. The highest BCUT2D eigenvalue weighted by Gasteiger charge is 2.13. The Morgan fingerprint density at radius 2 is 1.70 bits per heavy atom. The molecule has 0 unspecified atom stereocenters. The number of fused-ring (bicyclic) bond motifs is 1. The predicted octanol–water partition coefficient (Wildman–Crippen LogP) is 4.10. The van der Waals surface area contributed by atoms with E-state index in [1.807, 2.05) is 26.2 Å². The van der Waals surface area contributed by atoms with Gasteiger partial charge in [-0.25, -0.2) is 0 Å². The Bertz CT molecular complexity index is 732. The van der Waals surface area contributed by atoms with Crippen molar-refractivity contribution in [2.45, 2.75) is 19.4 Å². The lowest BCUT2D eigenvalue weighted by Crippen LogP contribution is -2.28. The van der Waals surface area contributed by atoms with Gasteiger partial charge in [-0.2, -0.15) is 0 Å². The van der Waals surface area contributed by atoms with Crippen molar-refractivity contribution in [3.05, 3.63) is 66.5 Å². The zero-order valence-electron chi connectivity index (χ0n) is 11.8. The van der Waals surface area contributed by atoms with E-state index in [0.717, 1.165) is 10.9 Å². The minimum absolute atomic E-state index is 0.304. The molecule has 0 amide bonds. The first-order valence-electron chi connectivity index (χ1n) is 6.78. The van der Waals surface area contributed by atoms with Crippen molar-refractivity contribution >= 4 is 10.8 Å². The van der Waals surface area contributed by atoms with E-state index in [-0.39, 0.29) is 5.54 Å². The highest BCUT2D eigenvalue weighted by atomic mass is 14.7. The fourth-order valence-corrected chi connectivity index (χ4v) is 2.45. The topological polar surface area (TPSA) is 38.9 Å². The van der Waals surface area contributed by atoms with E-state index in [1.54, 1.807) is 0 Å². The number of nitrogens with zero attached hydrogens (tertiary/aromatic N) is 1. The second kappa shape index (κ2) is 4.73. The lowest BCUT2D eigenvalue weighted by Gasteiger charge is -2.19. The molecule has 2 aromatic carbocycles. The van der Waals surface area contributed by atoms with Gasteiger partial charge in [0.2, 0.25) is 0 Å². The van der Waals surface area contributed by atoms with Crippen LogP contribution in [-0.2, 0) is 5.54 Å². The van der Waals surface area contributed by atoms with Gasteiger partial charge in [0.05, 0.1) is 0 Å². The van der Waals surface area contributed by atoms with Crippen LogP contribution in [0.5, 0.6) is 0 Å². The zero-order chi connectivity index (χ0) is 14.2. The first-order chi connectivity index (χ1) is 9.55. The molecule has 0 fully saturated rings. The minimum Gasteiger partial charge on any atom is -0.322 e. The van der Waals surface area contributed by atoms with Crippen LogP contribution in [0.25, 0.3) is 21.9 Å². The highest BCUT2D eigenvalue weighted by Crippen LogP contribution is 2.29. The van der Waals surface area contributed by atoms with E-state index in [4.69, 9.17) is 5.73 Å². The Morgan fingerprint density at radius 1 is 0.950 bits per heavy atom. The third-order valence-corrected chi connectivity index (χ3v) is 3.62. The maximum absolute atomic E-state index is 6.13. The maximum Gasteiger partial charge on any atom is 0.0352 e. The van der Waals surface area contributed by atoms with Crippen LogP contribution in [0.1, 0.15) is 19.4 Å².